The molecule has 2 aromatic heterocycles. The third kappa shape index (κ3) is 2.16. The second-order valence-corrected chi connectivity index (χ2v) is 4.91. The summed E-state index contributed by atoms with van der Waals surface area (Å²) in [6.45, 7) is 4.12. The molecule has 20 heavy (non-hydrogen) atoms. The molecular weight excluding hydrogens is 256 g/mol. The number of H-pyrrole nitrogens is 3. The van der Waals surface area contributed by atoms with E-state index in [1.807, 2.05) is 6.07 Å². The van der Waals surface area contributed by atoms with Crippen LogP contribution < -0.4 is 11.2 Å². The summed E-state index contributed by atoms with van der Waals surface area (Å²) in [6.07, 6.45) is 0.581. The number of aromatic amines is 3. The molecule has 6 nitrogen and oxygen atoms in total. The minimum Gasteiger partial charge on any atom is -0.336 e. The number of nitrogens with one attached hydrogen (secondary N) is 3. The highest BCUT2D eigenvalue weighted by Crippen LogP contribution is 2.13. The zero-order valence-corrected chi connectivity index (χ0v) is 11.2. The van der Waals surface area contributed by atoms with Crippen LogP contribution in [0.3, 0.4) is 0 Å². The summed E-state index contributed by atoms with van der Waals surface area (Å²) in [4.78, 5) is 34.7. The second kappa shape index (κ2) is 4.48. The fraction of sp³-hybridized carbons (Fsp3) is 0.214. The van der Waals surface area contributed by atoms with E-state index in [4.69, 9.17) is 0 Å². The molecule has 6 heteroatoms. The summed E-state index contributed by atoms with van der Waals surface area (Å²) in [5.41, 5.74) is 3.13. The van der Waals surface area contributed by atoms with Crippen molar-refractivity contribution in [1.29, 1.82) is 0 Å². The minimum atomic E-state index is -0.549. The Bertz CT molecular complexity index is 901. The smallest absolute Gasteiger partial charge is 0.327 e. The first-order valence-electron chi connectivity index (χ1n) is 6.30. The van der Waals surface area contributed by atoms with E-state index in [-0.39, 0.29) is 5.65 Å². The van der Waals surface area contributed by atoms with Crippen LogP contribution in [0, 0.1) is 13.8 Å². The van der Waals surface area contributed by atoms with Crippen molar-refractivity contribution in [3.63, 3.8) is 0 Å². The lowest BCUT2D eigenvalue weighted by atomic mass is 10.0. The first kappa shape index (κ1) is 12.4. The topological polar surface area (TPSA) is 94.4 Å². The van der Waals surface area contributed by atoms with E-state index in [9.17, 15) is 9.59 Å². The molecule has 0 fully saturated rings. The van der Waals surface area contributed by atoms with Crippen molar-refractivity contribution in [3.8, 4) is 0 Å². The van der Waals surface area contributed by atoms with Crippen LogP contribution in [-0.2, 0) is 6.42 Å². The van der Waals surface area contributed by atoms with Crippen LogP contribution in [0.1, 0.15) is 22.5 Å². The fourth-order valence-corrected chi connectivity index (χ4v) is 2.17. The van der Waals surface area contributed by atoms with Gasteiger partial charge in [-0.25, -0.2) is 9.78 Å². The van der Waals surface area contributed by atoms with E-state index >= 15 is 0 Å². The molecule has 102 valence electrons. The van der Waals surface area contributed by atoms with Crippen molar-refractivity contribution in [3.05, 3.63) is 61.6 Å². The molecule has 0 aliphatic heterocycles. The molecule has 0 unspecified atom stereocenters. The van der Waals surface area contributed by atoms with Gasteiger partial charge in [-0.3, -0.25) is 14.8 Å². The molecule has 0 spiro atoms. The molecule has 0 radical (unpaired) electrons. The van der Waals surface area contributed by atoms with E-state index in [2.05, 4.69) is 45.9 Å². The van der Waals surface area contributed by atoms with Crippen molar-refractivity contribution >= 4 is 11.2 Å². The van der Waals surface area contributed by atoms with Crippen LogP contribution in [-0.4, -0.2) is 19.9 Å². The molecule has 0 aliphatic carbocycles. The molecular formula is C14H14N4O2. The number of hydrogen-bond donors (Lipinski definition) is 3. The Morgan fingerprint density at radius 3 is 2.60 bits per heavy atom. The van der Waals surface area contributed by atoms with Gasteiger partial charge in [-0.15, -0.1) is 0 Å². The largest absolute Gasteiger partial charge is 0.336 e. The summed E-state index contributed by atoms with van der Waals surface area (Å²) in [6, 6.07) is 6.18. The van der Waals surface area contributed by atoms with Gasteiger partial charge in [0.1, 0.15) is 11.3 Å². The zero-order valence-electron chi connectivity index (χ0n) is 11.2. The van der Waals surface area contributed by atoms with E-state index in [0.717, 1.165) is 5.56 Å². The summed E-state index contributed by atoms with van der Waals surface area (Å²) < 4.78 is 0. The maximum atomic E-state index is 11.6. The molecule has 0 saturated heterocycles. The lowest BCUT2D eigenvalue weighted by Crippen LogP contribution is -2.21. The Balaban J connectivity index is 2.02. The van der Waals surface area contributed by atoms with Crippen molar-refractivity contribution in [2.75, 3.05) is 0 Å². The monoisotopic (exact) mass is 270 g/mol. The lowest BCUT2D eigenvalue weighted by Gasteiger charge is -2.03. The first-order valence-corrected chi connectivity index (χ1v) is 6.30. The number of aromatic nitrogens is 4. The highest BCUT2D eigenvalue weighted by molar-refractivity contribution is 5.68. The van der Waals surface area contributed by atoms with Gasteiger partial charge in [0.25, 0.3) is 5.56 Å². The molecule has 3 N–H and O–H groups in total. The van der Waals surface area contributed by atoms with Gasteiger partial charge >= 0.3 is 5.69 Å². The summed E-state index contributed by atoms with van der Waals surface area (Å²) in [7, 11) is 0. The van der Waals surface area contributed by atoms with E-state index in [0.29, 0.717) is 17.8 Å². The molecule has 0 amide bonds. The number of nitrogens with zero attached hydrogens (tertiary/aromatic N) is 1. The predicted molar refractivity (Wildman–Crippen MR) is 76.1 cm³/mol. The number of aryl methyl sites for hydroxylation is 2. The normalized spacial score (nSPS) is 11.1. The highest BCUT2D eigenvalue weighted by atomic mass is 16.2. The Morgan fingerprint density at radius 2 is 1.85 bits per heavy atom. The third-order valence-corrected chi connectivity index (χ3v) is 3.38. The van der Waals surface area contributed by atoms with Crippen molar-refractivity contribution < 1.29 is 0 Å². The number of hydrogen-bond acceptors (Lipinski definition) is 3. The van der Waals surface area contributed by atoms with Gasteiger partial charge in [-0.1, -0.05) is 18.2 Å². The summed E-state index contributed by atoms with van der Waals surface area (Å²) >= 11 is 0. The standard InChI is InChI=1S/C14H14N4O2/c1-7-3-4-9(5-8(7)2)6-10-15-11-12(16-10)17-14(20)18-13(11)19/h3-5H,6H2,1-2H3,(H3,15,16,17,18,19,20). The molecule has 0 saturated carbocycles. The second-order valence-electron chi connectivity index (χ2n) is 4.91. The van der Waals surface area contributed by atoms with E-state index < -0.39 is 11.2 Å². The maximum absolute atomic E-state index is 11.6. The van der Waals surface area contributed by atoms with Gasteiger partial charge in [0.05, 0.1) is 0 Å². The van der Waals surface area contributed by atoms with Gasteiger partial charge in [-0.05, 0) is 30.5 Å². The van der Waals surface area contributed by atoms with Crippen LogP contribution in [0.4, 0.5) is 0 Å². The van der Waals surface area contributed by atoms with E-state index in [1.165, 1.54) is 11.1 Å². The van der Waals surface area contributed by atoms with Crippen LogP contribution in [0.2, 0.25) is 0 Å². The molecule has 1 aromatic carbocycles. The average molecular weight is 270 g/mol. The molecule has 3 aromatic rings. The molecule has 0 aliphatic rings. The SMILES string of the molecule is Cc1ccc(Cc2nc3[nH]c(=O)[nH]c(=O)c3[nH]2)cc1C. The van der Waals surface area contributed by atoms with Gasteiger partial charge in [0.15, 0.2) is 5.65 Å². The molecule has 2 heterocycles. The lowest BCUT2D eigenvalue weighted by molar-refractivity contribution is 1.03. The van der Waals surface area contributed by atoms with E-state index in [1.54, 1.807) is 0 Å². The average Bonchev–Trinajstić information content (AvgIpc) is 2.76. The highest BCUT2D eigenvalue weighted by Gasteiger charge is 2.08. The first-order chi connectivity index (χ1) is 9.52. The van der Waals surface area contributed by atoms with Crippen molar-refractivity contribution in [2.24, 2.45) is 0 Å². The number of rotatable bonds is 2. The van der Waals surface area contributed by atoms with Gasteiger partial charge < -0.3 is 4.98 Å². The number of fused-ring (bicyclic) bond motifs is 1. The molecule has 0 atom stereocenters. The Kier molecular flexibility index (Phi) is 2.78. The molecule has 3 rings (SSSR count). The minimum absolute atomic E-state index is 0.289. The predicted octanol–water partition coefficient (Wildman–Crippen LogP) is 1.15. The summed E-state index contributed by atoms with van der Waals surface area (Å²) in [5, 5.41) is 0. The van der Waals surface area contributed by atoms with Gasteiger partial charge in [0.2, 0.25) is 0 Å². The Labute approximate surface area is 113 Å². The fourth-order valence-electron chi connectivity index (χ4n) is 2.17. The number of imidazole rings is 1. The molecule has 0 bridgehead atoms. The van der Waals surface area contributed by atoms with Crippen LogP contribution >= 0.6 is 0 Å². The maximum Gasteiger partial charge on any atom is 0.327 e. The van der Waals surface area contributed by atoms with Gasteiger partial charge in [-0.2, -0.15) is 0 Å². The van der Waals surface area contributed by atoms with Crippen molar-refractivity contribution in [1.82, 2.24) is 19.9 Å². The van der Waals surface area contributed by atoms with Crippen molar-refractivity contribution in [2.45, 2.75) is 20.3 Å². The summed E-state index contributed by atoms with van der Waals surface area (Å²) in [5.74, 6) is 0.649. The Morgan fingerprint density at radius 1 is 1.05 bits per heavy atom. The third-order valence-electron chi connectivity index (χ3n) is 3.38. The Hall–Kier alpha value is -2.63. The van der Waals surface area contributed by atoms with Gasteiger partial charge in [0, 0.05) is 6.42 Å². The number of benzene rings is 1. The zero-order chi connectivity index (χ0) is 14.3. The quantitative estimate of drug-likeness (QED) is 0.652. The van der Waals surface area contributed by atoms with Crippen LogP contribution in [0.25, 0.3) is 11.2 Å². The van der Waals surface area contributed by atoms with Crippen LogP contribution in [0.5, 0.6) is 0 Å². The van der Waals surface area contributed by atoms with Crippen LogP contribution in [0.15, 0.2) is 27.8 Å².